The van der Waals surface area contributed by atoms with E-state index in [-0.39, 0.29) is 5.97 Å². The Bertz CT molecular complexity index is 251. The highest BCUT2D eigenvalue weighted by Gasteiger charge is 2.12. The van der Waals surface area contributed by atoms with Gasteiger partial charge in [-0.25, -0.2) is 4.79 Å². The molecule has 0 bridgehead atoms. The molecule has 0 aliphatic rings. The van der Waals surface area contributed by atoms with Crippen LogP contribution >= 0.6 is 0 Å². The van der Waals surface area contributed by atoms with Gasteiger partial charge in [-0.05, 0) is 39.0 Å². The molecule has 1 atom stereocenters. The highest BCUT2D eigenvalue weighted by molar-refractivity contribution is 5.81. The maximum Gasteiger partial charge on any atom is 0.330 e. The predicted octanol–water partition coefficient (Wildman–Crippen LogP) is 3.46. The Kier molecular flexibility index (Phi) is 8.73. The maximum absolute atomic E-state index is 11.3. The van der Waals surface area contributed by atoms with Crippen molar-refractivity contribution in [2.24, 2.45) is 5.92 Å². The zero-order valence-electron chi connectivity index (χ0n) is 12.2. The van der Waals surface area contributed by atoms with Crippen molar-refractivity contribution in [3.8, 4) is 0 Å². The van der Waals surface area contributed by atoms with Gasteiger partial charge in [-0.2, -0.15) is 0 Å². The van der Waals surface area contributed by atoms with Gasteiger partial charge in [0, 0.05) is 6.08 Å². The van der Waals surface area contributed by atoms with Crippen molar-refractivity contribution in [1.82, 2.24) is 0 Å². The van der Waals surface area contributed by atoms with Crippen LogP contribution in [0.2, 0.25) is 0 Å². The summed E-state index contributed by atoms with van der Waals surface area (Å²) in [5.74, 6) is 0.0869. The third-order valence-corrected chi connectivity index (χ3v) is 2.75. The van der Waals surface area contributed by atoms with E-state index in [4.69, 9.17) is 4.74 Å². The minimum absolute atomic E-state index is 0.252. The topological polar surface area (TPSA) is 46.5 Å². The normalized spacial score (nSPS) is 13.8. The average Bonchev–Trinajstić information content (AvgIpc) is 2.25. The zero-order valence-corrected chi connectivity index (χ0v) is 12.2. The summed E-state index contributed by atoms with van der Waals surface area (Å²) in [6.45, 7) is 8.28. The van der Waals surface area contributed by atoms with Gasteiger partial charge in [0.1, 0.15) is 0 Å². The second-order valence-corrected chi connectivity index (χ2v) is 5.56. The lowest BCUT2D eigenvalue weighted by molar-refractivity contribution is -0.137. The van der Waals surface area contributed by atoms with Crippen molar-refractivity contribution >= 4 is 5.97 Å². The molecule has 0 heterocycles. The van der Waals surface area contributed by atoms with Gasteiger partial charge >= 0.3 is 5.97 Å². The molecule has 0 spiro atoms. The molecule has 1 unspecified atom stereocenters. The van der Waals surface area contributed by atoms with Crippen LogP contribution in [0.25, 0.3) is 0 Å². The molecule has 0 saturated carbocycles. The van der Waals surface area contributed by atoms with Crippen molar-refractivity contribution < 1.29 is 14.6 Å². The summed E-state index contributed by atoms with van der Waals surface area (Å²) in [4.78, 5) is 11.3. The van der Waals surface area contributed by atoms with Crippen LogP contribution in [0.1, 0.15) is 59.8 Å². The molecule has 0 radical (unpaired) electrons. The number of esters is 1. The average molecular weight is 256 g/mol. The predicted molar refractivity (Wildman–Crippen MR) is 74.3 cm³/mol. The van der Waals surface area contributed by atoms with Crippen LogP contribution in [-0.4, -0.2) is 23.3 Å². The second-order valence-electron chi connectivity index (χ2n) is 5.56. The third-order valence-electron chi connectivity index (χ3n) is 2.75. The van der Waals surface area contributed by atoms with Crippen LogP contribution in [0.5, 0.6) is 0 Å². The zero-order chi connectivity index (χ0) is 14.0. The number of unbranched alkanes of at least 4 members (excludes halogenated alkanes) is 1. The molecule has 3 nitrogen and oxygen atoms in total. The second kappa shape index (κ2) is 9.15. The molecular formula is C15H28O3. The number of ether oxygens (including phenoxy) is 1. The summed E-state index contributed by atoms with van der Waals surface area (Å²) in [7, 11) is 0. The molecule has 0 aliphatic heterocycles. The summed E-state index contributed by atoms with van der Waals surface area (Å²) in [5.41, 5.74) is -0.595. The van der Waals surface area contributed by atoms with Crippen LogP contribution in [0.15, 0.2) is 12.2 Å². The minimum Gasteiger partial charge on any atom is -0.463 e. The van der Waals surface area contributed by atoms with Gasteiger partial charge in [0.05, 0.1) is 12.2 Å². The Morgan fingerprint density at radius 2 is 2.06 bits per heavy atom. The molecule has 0 aromatic carbocycles. The Morgan fingerprint density at radius 3 is 2.61 bits per heavy atom. The monoisotopic (exact) mass is 256 g/mol. The molecule has 0 aromatic rings. The van der Waals surface area contributed by atoms with E-state index in [0.717, 1.165) is 32.1 Å². The van der Waals surface area contributed by atoms with Crippen molar-refractivity contribution in [3.63, 3.8) is 0 Å². The number of aliphatic hydroxyl groups is 1. The molecule has 0 aliphatic carbocycles. The van der Waals surface area contributed by atoms with Crippen LogP contribution in [-0.2, 0) is 9.53 Å². The number of allylic oxidation sites excluding steroid dienone is 1. The van der Waals surface area contributed by atoms with E-state index in [1.165, 1.54) is 6.08 Å². The number of rotatable bonds is 9. The summed E-state index contributed by atoms with van der Waals surface area (Å²) in [6.07, 6.45) is 8.07. The Morgan fingerprint density at radius 1 is 1.39 bits per heavy atom. The smallest absolute Gasteiger partial charge is 0.330 e. The fraction of sp³-hybridized carbons (Fsp3) is 0.800. The van der Waals surface area contributed by atoms with Gasteiger partial charge in [-0.3, -0.25) is 0 Å². The van der Waals surface area contributed by atoms with Gasteiger partial charge in [0.25, 0.3) is 0 Å². The van der Waals surface area contributed by atoms with Crippen LogP contribution in [0.3, 0.4) is 0 Å². The van der Waals surface area contributed by atoms with E-state index in [0.29, 0.717) is 12.5 Å². The largest absolute Gasteiger partial charge is 0.463 e. The summed E-state index contributed by atoms with van der Waals surface area (Å²) in [6, 6.07) is 0. The molecule has 1 N–H and O–H groups in total. The van der Waals surface area contributed by atoms with Gasteiger partial charge < -0.3 is 9.84 Å². The molecule has 0 saturated heterocycles. The van der Waals surface area contributed by atoms with Crippen molar-refractivity contribution in [1.29, 1.82) is 0 Å². The van der Waals surface area contributed by atoms with E-state index in [2.05, 4.69) is 13.8 Å². The lowest BCUT2D eigenvalue weighted by Crippen LogP contribution is -2.18. The van der Waals surface area contributed by atoms with E-state index in [9.17, 15) is 9.90 Å². The third kappa shape index (κ3) is 11.6. The van der Waals surface area contributed by atoms with Crippen LogP contribution in [0.4, 0.5) is 0 Å². The lowest BCUT2D eigenvalue weighted by atomic mass is 9.97. The summed E-state index contributed by atoms with van der Waals surface area (Å²) in [5, 5.41) is 9.58. The van der Waals surface area contributed by atoms with E-state index >= 15 is 0 Å². The van der Waals surface area contributed by atoms with Crippen molar-refractivity contribution in [3.05, 3.63) is 12.2 Å². The standard InChI is InChI=1S/C15H28O3/c1-5-6-12-18-14(16)10-9-13(2)8-7-11-15(3,4)17/h9-10,13,17H,5-8,11-12H2,1-4H3/b10-9+. The summed E-state index contributed by atoms with van der Waals surface area (Å²) < 4.78 is 5.03. The first-order chi connectivity index (χ1) is 8.35. The SMILES string of the molecule is CCCCOC(=O)/C=C/C(C)CCCC(C)(C)O. The first-order valence-corrected chi connectivity index (χ1v) is 6.92. The number of hydrogen-bond donors (Lipinski definition) is 1. The Labute approximate surface area is 111 Å². The van der Waals surface area contributed by atoms with Crippen molar-refractivity contribution in [2.75, 3.05) is 6.61 Å². The summed E-state index contributed by atoms with van der Waals surface area (Å²) >= 11 is 0. The van der Waals surface area contributed by atoms with Crippen LogP contribution < -0.4 is 0 Å². The van der Waals surface area contributed by atoms with Gasteiger partial charge in [0.2, 0.25) is 0 Å². The van der Waals surface area contributed by atoms with Gasteiger partial charge in [-0.1, -0.05) is 32.8 Å². The molecule has 0 fully saturated rings. The van der Waals surface area contributed by atoms with Gasteiger partial charge in [0.15, 0.2) is 0 Å². The van der Waals surface area contributed by atoms with E-state index in [1.807, 2.05) is 19.9 Å². The molecule has 0 amide bonds. The highest BCUT2D eigenvalue weighted by atomic mass is 16.5. The molecule has 0 rings (SSSR count). The maximum atomic E-state index is 11.3. The fourth-order valence-electron chi connectivity index (χ4n) is 1.56. The quantitative estimate of drug-likeness (QED) is 0.390. The van der Waals surface area contributed by atoms with Gasteiger partial charge in [-0.15, -0.1) is 0 Å². The molecule has 106 valence electrons. The first kappa shape index (κ1) is 17.2. The van der Waals surface area contributed by atoms with E-state index in [1.54, 1.807) is 0 Å². The lowest BCUT2D eigenvalue weighted by Gasteiger charge is -2.17. The molecule has 3 heteroatoms. The molecular weight excluding hydrogens is 228 g/mol. The minimum atomic E-state index is -0.595. The van der Waals surface area contributed by atoms with Crippen molar-refractivity contribution in [2.45, 2.75) is 65.4 Å². The number of carbonyl (C=O) groups is 1. The Hall–Kier alpha value is -0.830. The molecule has 18 heavy (non-hydrogen) atoms. The Balaban J connectivity index is 3.72. The first-order valence-electron chi connectivity index (χ1n) is 6.92. The van der Waals surface area contributed by atoms with Crippen LogP contribution in [0, 0.1) is 5.92 Å². The fourth-order valence-corrected chi connectivity index (χ4v) is 1.56. The number of hydrogen-bond acceptors (Lipinski definition) is 3. The molecule has 0 aromatic heterocycles. The number of carbonyl (C=O) groups excluding carboxylic acids is 1. The van der Waals surface area contributed by atoms with E-state index < -0.39 is 5.60 Å². The highest BCUT2D eigenvalue weighted by Crippen LogP contribution is 2.16.